The van der Waals surface area contributed by atoms with Crippen molar-refractivity contribution < 1.29 is 0 Å². The molecule has 0 fully saturated rings. The van der Waals surface area contributed by atoms with Crippen LogP contribution in [0, 0.1) is 0 Å². The van der Waals surface area contributed by atoms with Crippen molar-refractivity contribution >= 4 is 22.7 Å². The minimum absolute atomic E-state index is 0.364. The number of benzene rings is 1. The first-order valence-electron chi connectivity index (χ1n) is 6.42. The SMILES string of the molecule is CCCN(c1nc2ccccc2nc1N)C(C)C. The first-order chi connectivity index (χ1) is 8.63. The number of hydrogen-bond donors (Lipinski definition) is 1. The van der Waals surface area contributed by atoms with Crippen molar-refractivity contribution in [1.29, 1.82) is 0 Å². The quantitative estimate of drug-likeness (QED) is 0.898. The Hall–Kier alpha value is -1.84. The van der Waals surface area contributed by atoms with E-state index in [9.17, 15) is 0 Å². The third-order valence-electron chi connectivity index (χ3n) is 2.94. The van der Waals surface area contributed by atoms with Crippen LogP contribution >= 0.6 is 0 Å². The lowest BCUT2D eigenvalue weighted by Crippen LogP contribution is -2.33. The molecule has 4 nitrogen and oxygen atoms in total. The van der Waals surface area contributed by atoms with Gasteiger partial charge in [0.05, 0.1) is 11.0 Å². The maximum atomic E-state index is 6.04. The van der Waals surface area contributed by atoms with Gasteiger partial charge < -0.3 is 10.6 Å². The van der Waals surface area contributed by atoms with E-state index in [0.29, 0.717) is 11.9 Å². The van der Waals surface area contributed by atoms with Gasteiger partial charge in [-0.15, -0.1) is 0 Å². The van der Waals surface area contributed by atoms with Gasteiger partial charge in [0.1, 0.15) is 0 Å². The van der Waals surface area contributed by atoms with E-state index < -0.39 is 0 Å². The van der Waals surface area contributed by atoms with E-state index in [0.717, 1.165) is 29.8 Å². The molecular formula is C14H20N4. The molecule has 0 spiro atoms. The molecule has 0 saturated carbocycles. The highest BCUT2D eigenvalue weighted by atomic mass is 15.2. The van der Waals surface area contributed by atoms with Gasteiger partial charge in [0.2, 0.25) is 0 Å². The summed E-state index contributed by atoms with van der Waals surface area (Å²) < 4.78 is 0. The molecule has 0 saturated heterocycles. The van der Waals surface area contributed by atoms with E-state index in [2.05, 4.69) is 35.6 Å². The molecule has 96 valence electrons. The van der Waals surface area contributed by atoms with Gasteiger partial charge in [0.25, 0.3) is 0 Å². The Morgan fingerprint density at radius 3 is 2.33 bits per heavy atom. The maximum Gasteiger partial charge on any atom is 0.172 e. The van der Waals surface area contributed by atoms with Gasteiger partial charge in [-0.05, 0) is 32.4 Å². The Kier molecular flexibility index (Phi) is 3.65. The van der Waals surface area contributed by atoms with Crippen LogP contribution in [0.4, 0.5) is 11.6 Å². The predicted molar refractivity (Wildman–Crippen MR) is 76.7 cm³/mol. The molecule has 0 aliphatic carbocycles. The first-order valence-corrected chi connectivity index (χ1v) is 6.42. The van der Waals surface area contributed by atoms with Crippen LogP contribution < -0.4 is 10.6 Å². The number of nitrogen functional groups attached to an aromatic ring is 1. The Morgan fingerprint density at radius 1 is 1.17 bits per heavy atom. The Morgan fingerprint density at radius 2 is 1.78 bits per heavy atom. The zero-order valence-electron chi connectivity index (χ0n) is 11.2. The summed E-state index contributed by atoms with van der Waals surface area (Å²) in [6.45, 7) is 7.38. The van der Waals surface area contributed by atoms with E-state index in [1.807, 2.05) is 24.3 Å². The second kappa shape index (κ2) is 5.21. The van der Waals surface area contributed by atoms with Gasteiger partial charge in [-0.3, -0.25) is 0 Å². The summed E-state index contributed by atoms with van der Waals surface area (Å²) in [5.74, 6) is 1.31. The normalized spacial score (nSPS) is 11.1. The summed E-state index contributed by atoms with van der Waals surface area (Å²) >= 11 is 0. The minimum atomic E-state index is 0.364. The Balaban J connectivity index is 2.51. The fourth-order valence-corrected chi connectivity index (χ4v) is 2.07. The van der Waals surface area contributed by atoms with Crippen LogP contribution in [0.2, 0.25) is 0 Å². The summed E-state index contributed by atoms with van der Waals surface area (Å²) in [4.78, 5) is 11.3. The van der Waals surface area contributed by atoms with Gasteiger partial charge in [-0.2, -0.15) is 0 Å². The molecule has 0 bridgehead atoms. The summed E-state index contributed by atoms with van der Waals surface area (Å²) in [5.41, 5.74) is 7.78. The molecule has 0 atom stereocenters. The number of nitrogens with two attached hydrogens (primary N) is 1. The molecule has 0 radical (unpaired) electrons. The lowest BCUT2D eigenvalue weighted by atomic mass is 10.2. The smallest absolute Gasteiger partial charge is 0.172 e. The van der Waals surface area contributed by atoms with Crippen molar-refractivity contribution in [2.45, 2.75) is 33.2 Å². The van der Waals surface area contributed by atoms with Crippen molar-refractivity contribution in [2.75, 3.05) is 17.2 Å². The van der Waals surface area contributed by atoms with E-state index in [-0.39, 0.29) is 0 Å². The average Bonchev–Trinajstić information content (AvgIpc) is 2.35. The topological polar surface area (TPSA) is 55.0 Å². The Bertz CT molecular complexity index is 536. The third kappa shape index (κ3) is 2.37. The zero-order valence-corrected chi connectivity index (χ0v) is 11.2. The summed E-state index contributed by atoms with van der Waals surface area (Å²) in [6, 6.07) is 8.18. The number of rotatable bonds is 4. The van der Waals surface area contributed by atoms with Crippen LogP contribution in [-0.2, 0) is 0 Å². The lowest BCUT2D eigenvalue weighted by molar-refractivity contribution is 0.663. The van der Waals surface area contributed by atoms with Crippen molar-refractivity contribution in [3.63, 3.8) is 0 Å². The lowest BCUT2D eigenvalue weighted by Gasteiger charge is -2.28. The average molecular weight is 244 g/mol. The molecule has 0 unspecified atom stereocenters. The fourth-order valence-electron chi connectivity index (χ4n) is 2.07. The van der Waals surface area contributed by atoms with E-state index in [4.69, 9.17) is 5.73 Å². The molecule has 0 aliphatic heterocycles. The van der Waals surface area contributed by atoms with Crippen molar-refractivity contribution in [3.8, 4) is 0 Å². The van der Waals surface area contributed by atoms with Crippen molar-refractivity contribution in [1.82, 2.24) is 9.97 Å². The molecule has 2 N–H and O–H groups in total. The fraction of sp³-hybridized carbons (Fsp3) is 0.429. The van der Waals surface area contributed by atoms with Crippen LogP contribution in [0.1, 0.15) is 27.2 Å². The molecular weight excluding hydrogens is 224 g/mol. The van der Waals surface area contributed by atoms with Gasteiger partial charge in [0.15, 0.2) is 11.6 Å². The molecule has 4 heteroatoms. The number of aromatic nitrogens is 2. The second-order valence-corrected chi connectivity index (χ2v) is 4.71. The van der Waals surface area contributed by atoms with Gasteiger partial charge in [-0.1, -0.05) is 19.1 Å². The number of fused-ring (bicyclic) bond motifs is 1. The largest absolute Gasteiger partial charge is 0.381 e. The maximum absolute atomic E-state index is 6.04. The van der Waals surface area contributed by atoms with Crippen molar-refractivity contribution in [2.24, 2.45) is 0 Å². The highest BCUT2D eigenvalue weighted by Gasteiger charge is 2.15. The van der Waals surface area contributed by atoms with Crippen LogP contribution in [0.5, 0.6) is 0 Å². The molecule has 2 aromatic rings. The number of para-hydroxylation sites is 2. The molecule has 1 aromatic heterocycles. The number of hydrogen-bond acceptors (Lipinski definition) is 4. The van der Waals surface area contributed by atoms with E-state index in [1.165, 1.54) is 0 Å². The van der Waals surface area contributed by atoms with Crippen LogP contribution in [-0.4, -0.2) is 22.6 Å². The van der Waals surface area contributed by atoms with Crippen LogP contribution in [0.25, 0.3) is 11.0 Å². The second-order valence-electron chi connectivity index (χ2n) is 4.71. The predicted octanol–water partition coefficient (Wildman–Crippen LogP) is 2.84. The van der Waals surface area contributed by atoms with E-state index >= 15 is 0 Å². The minimum Gasteiger partial charge on any atom is -0.381 e. The summed E-state index contributed by atoms with van der Waals surface area (Å²) in [6.07, 6.45) is 1.06. The van der Waals surface area contributed by atoms with Gasteiger partial charge in [-0.25, -0.2) is 9.97 Å². The van der Waals surface area contributed by atoms with Crippen LogP contribution in [0.15, 0.2) is 24.3 Å². The zero-order chi connectivity index (χ0) is 13.1. The molecule has 18 heavy (non-hydrogen) atoms. The van der Waals surface area contributed by atoms with E-state index in [1.54, 1.807) is 0 Å². The molecule has 2 rings (SSSR count). The monoisotopic (exact) mass is 244 g/mol. The highest BCUT2D eigenvalue weighted by molar-refractivity contribution is 5.79. The highest BCUT2D eigenvalue weighted by Crippen LogP contribution is 2.24. The molecule has 0 aliphatic rings. The summed E-state index contributed by atoms with van der Waals surface area (Å²) in [7, 11) is 0. The number of anilines is 2. The first kappa shape index (κ1) is 12.6. The molecule has 1 aromatic carbocycles. The van der Waals surface area contributed by atoms with Gasteiger partial charge >= 0.3 is 0 Å². The standard InChI is InChI=1S/C14H20N4/c1-4-9-18(10(2)3)14-13(15)16-11-7-5-6-8-12(11)17-14/h5-8,10H,4,9H2,1-3H3,(H2,15,16). The number of nitrogens with zero attached hydrogens (tertiary/aromatic N) is 3. The Labute approximate surface area is 108 Å². The summed E-state index contributed by atoms with van der Waals surface area (Å²) in [5, 5.41) is 0. The van der Waals surface area contributed by atoms with Gasteiger partial charge in [0, 0.05) is 12.6 Å². The molecule has 0 amide bonds. The molecule has 1 heterocycles. The van der Waals surface area contributed by atoms with Crippen LogP contribution in [0.3, 0.4) is 0 Å². The van der Waals surface area contributed by atoms with Crippen molar-refractivity contribution in [3.05, 3.63) is 24.3 Å². The third-order valence-corrected chi connectivity index (χ3v) is 2.94.